The van der Waals surface area contributed by atoms with Crippen molar-refractivity contribution < 1.29 is 14.3 Å². The Labute approximate surface area is 158 Å². The van der Waals surface area contributed by atoms with Crippen LogP contribution in [0.1, 0.15) is 12.5 Å². The Morgan fingerprint density at radius 3 is 2.46 bits per heavy atom. The molecule has 6 nitrogen and oxygen atoms in total. The van der Waals surface area contributed by atoms with Gasteiger partial charge in [0.25, 0.3) is 0 Å². The molecule has 0 atom stereocenters. The number of amides is 3. The van der Waals surface area contributed by atoms with Crippen molar-refractivity contribution in [3.8, 4) is 5.75 Å². The molecule has 0 radical (unpaired) electrons. The second kappa shape index (κ2) is 9.10. The fraction of sp³-hybridized carbons (Fsp3) is 0.263. The second-order valence-electron chi connectivity index (χ2n) is 5.86. The average molecular weight is 376 g/mol. The summed E-state index contributed by atoms with van der Waals surface area (Å²) in [5.41, 5.74) is 2.18. The van der Waals surface area contributed by atoms with Crippen LogP contribution in [0.25, 0.3) is 0 Å². The number of rotatable bonds is 6. The molecule has 0 bridgehead atoms. The van der Waals surface area contributed by atoms with Crippen LogP contribution in [0.15, 0.2) is 42.5 Å². The van der Waals surface area contributed by atoms with Crippen LogP contribution in [0.3, 0.4) is 0 Å². The first-order valence-electron chi connectivity index (χ1n) is 8.14. The number of ether oxygens (including phenoxy) is 1. The van der Waals surface area contributed by atoms with Crippen molar-refractivity contribution in [3.05, 3.63) is 53.1 Å². The van der Waals surface area contributed by atoms with Gasteiger partial charge in [-0.2, -0.15) is 0 Å². The molecule has 0 saturated heterocycles. The highest BCUT2D eigenvalue weighted by Gasteiger charge is 2.11. The molecular weight excluding hydrogens is 354 g/mol. The second-order valence-corrected chi connectivity index (χ2v) is 6.30. The fourth-order valence-corrected chi connectivity index (χ4v) is 2.31. The number of carbonyl (C=O) groups excluding carboxylic acids is 2. The van der Waals surface area contributed by atoms with E-state index in [0.29, 0.717) is 35.3 Å². The molecule has 0 aliphatic heterocycles. The molecule has 26 heavy (non-hydrogen) atoms. The average Bonchev–Trinajstić information content (AvgIpc) is 2.59. The highest BCUT2D eigenvalue weighted by molar-refractivity contribution is 6.30. The molecule has 2 aromatic rings. The van der Waals surface area contributed by atoms with Crippen LogP contribution in [0.4, 0.5) is 16.2 Å². The number of aryl methyl sites for hydroxylation is 1. The number of halogens is 1. The first-order valence-corrected chi connectivity index (χ1v) is 8.51. The van der Waals surface area contributed by atoms with Crippen LogP contribution in [0.2, 0.25) is 5.02 Å². The molecular formula is C19H22ClN3O3. The molecule has 138 valence electrons. The number of hydrogen-bond donors (Lipinski definition) is 2. The summed E-state index contributed by atoms with van der Waals surface area (Å²) < 4.78 is 5.59. The summed E-state index contributed by atoms with van der Waals surface area (Å²) in [5.74, 6) is 0.532. The number of hydrogen-bond acceptors (Lipinski definition) is 3. The Bertz CT molecular complexity index is 778. The maximum Gasteiger partial charge on any atom is 0.321 e. The number of benzene rings is 2. The third kappa shape index (κ3) is 5.97. The Hall–Kier alpha value is -2.73. The predicted molar refractivity (Wildman–Crippen MR) is 104 cm³/mol. The Kier molecular flexibility index (Phi) is 6.86. The fourth-order valence-electron chi connectivity index (χ4n) is 2.18. The minimum Gasteiger partial charge on any atom is -0.492 e. The van der Waals surface area contributed by atoms with E-state index in [9.17, 15) is 9.59 Å². The third-order valence-electron chi connectivity index (χ3n) is 3.66. The lowest BCUT2D eigenvalue weighted by atomic mass is 10.2. The molecule has 2 rings (SSSR count). The van der Waals surface area contributed by atoms with Crippen LogP contribution in [0, 0.1) is 6.92 Å². The van der Waals surface area contributed by atoms with Crippen molar-refractivity contribution in [2.24, 2.45) is 0 Å². The zero-order valence-electron chi connectivity index (χ0n) is 15.0. The SMILES string of the molecule is CC(=O)Nc1ccc(C)c(NC(=O)N(C)CCOc2ccc(Cl)cc2)c1. The van der Waals surface area contributed by atoms with Crippen molar-refractivity contribution in [3.63, 3.8) is 0 Å². The van der Waals surface area contributed by atoms with Gasteiger partial charge in [0.05, 0.1) is 6.54 Å². The van der Waals surface area contributed by atoms with E-state index in [1.165, 1.54) is 11.8 Å². The van der Waals surface area contributed by atoms with Crippen molar-refractivity contribution in [1.29, 1.82) is 0 Å². The van der Waals surface area contributed by atoms with Gasteiger partial charge >= 0.3 is 6.03 Å². The monoisotopic (exact) mass is 375 g/mol. The highest BCUT2D eigenvalue weighted by atomic mass is 35.5. The minimum atomic E-state index is -0.257. The Morgan fingerprint density at radius 1 is 1.12 bits per heavy atom. The standard InChI is InChI=1S/C19H22ClN3O3/c1-13-4-7-16(21-14(2)24)12-18(13)22-19(25)23(3)10-11-26-17-8-5-15(20)6-9-17/h4-9,12H,10-11H2,1-3H3,(H,21,24)(H,22,25). The van der Waals surface area contributed by atoms with Gasteiger partial charge in [-0.15, -0.1) is 0 Å². The van der Waals surface area contributed by atoms with E-state index >= 15 is 0 Å². The van der Waals surface area contributed by atoms with Crippen molar-refractivity contribution in [2.45, 2.75) is 13.8 Å². The summed E-state index contributed by atoms with van der Waals surface area (Å²) in [7, 11) is 1.69. The normalized spacial score (nSPS) is 10.2. The van der Waals surface area contributed by atoms with E-state index in [0.717, 1.165) is 5.56 Å². The summed E-state index contributed by atoms with van der Waals surface area (Å²) in [6.07, 6.45) is 0. The number of carbonyl (C=O) groups is 2. The van der Waals surface area contributed by atoms with Gasteiger partial charge in [0.1, 0.15) is 12.4 Å². The van der Waals surface area contributed by atoms with Gasteiger partial charge in [0, 0.05) is 30.4 Å². The van der Waals surface area contributed by atoms with Gasteiger partial charge in [-0.25, -0.2) is 4.79 Å². The summed E-state index contributed by atoms with van der Waals surface area (Å²) in [4.78, 5) is 25.0. The molecule has 0 heterocycles. The zero-order valence-corrected chi connectivity index (χ0v) is 15.8. The zero-order chi connectivity index (χ0) is 19.1. The number of likely N-dealkylation sites (N-methyl/N-ethyl adjacent to an activating group) is 1. The van der Waals surface area contributed by atoms with E-state index in [-0.39, 0.29) is 11.9 Å². The Morgan fingerprint density at radius 2 is 1.81 bits per heavy atom. The van der Waals surface area contributed by atoms with E-state index in [1.54, 1.807) is 43.4 Å². The summed E-state index contributed by atoms with van der Waals surface area (Å²) in [6.45, 7) is 4.10. The molecule has 0 aliphatic carbocycles. The molecule has 3 amide bonds. The maximum absolute atomic E-state index is 12.3. The smallest absolute Gasteiger partial charge is 0.321 e. The summed E-state index contributed by atoms with van der Waals surface area (Å²) in [5, 5.41) is 6.18. The topological polar surface area (TPSA) is 70.7 Å². The molecule has 0 aliphatic rings. The van der Waals surface area contributed by atoms with Gasteiger partial charge in [0.15, 0.2) is 0 Å². The molecule has 0 fully saturated rings. The first kappa shape index (κ1) is 19.6. The van der Waals surface area contributed by atoms with Gasteiger partial charge < -0.3 is 20.3 Å². The van der Waals surface area contributed by atoms with Crippen LogP contribution >= 0.6 is 11.6 Å². The van der Waals surface area contributed by atoms with E-state index in [1.807, 2.05) is 13.0 Å². The van der Waals surface area contributed by atoms with Gasteiger partial charge in [-0.05, 0) is 48.9 Å². The van der Waals surface area contributed by atoms with Crippen molar-refractivity contribution in [1.82, 2.24) is 4.90 Å². The maximum atomic E-state index is 12.3. The van der Waals surface area contributed by atoms with Gasteiger partial charge in [-0.1, -0.05) is 17.7 Å². The predicted octanol–water partition coefficient (Wildman–Crippen LogP) is 4.15. The number of nitrogens with one attached hydrogen (secondary N) is 2. The molecule has 0 aromatic heterocycles. The third-order valence-corrected chi connectivity index (χ3v) is 3.91. The molecule has 2 aromatic carbocycles. The lowest BCUT2D eigenvalue weighted by Gasteiger charge is -2.19. The molecule has 0 spiro atoms. The quantitative estimate of drug-likeness (QED) is 0.796. The summed E-state index contributed by atoms with van der Waals surface area (Å²) in [6, 6.07) is 12.1. The summed E-state index contributed by atoms with van der Waals surface area (Å²) >= 11 is 5.83. The number of nitrogens with zero attached hydrogens (tertiary/aromatic N) is 1. The van der Waals surface area contributed by atoms with Crippen molar-refractivity contribution >= 4 is 34.9 Å². The minimum absolute atomic E-state index is 0.164. The van der Waals surface area contributed by atoms with Crippen LogP contribution in [-0.4, -0.2) is 37.0 Å². The highest BCUT2D eigenvalue weighted by Crippen LogP contribution is 2.21. The van der Waals surface area contributed by atoms with E-state index in [2.05, 4.69) is 10.6 Å². The van der Waals surface area contributed by atoms with Crippen LogP contribution in [0.5, 0.6) is 5.75 Å². The number of urea groups is 1. The van der Waals surface area contributed by atoms with E-state index in [4.69, 9.17) is 16.3 Å². The largest absolute Gasteiger partial charge is 0.492 e. The van der Waals surface area contributed by atoms with Gasteiger partial charge in [-0.3, -0.25) is 4.79 Å². The van der Waals surface area contributed by atoms with Crippen LogP contribution in [-0.2, 0) is 4.79 Å². The first-order chi connectivity index (χ1) is 12.3. The molecule has 0 saturated carbocycles. The van der Waals surface area contributed by atoms with Gasteiger partial charge in [0.2, 0.25) is 5.91 Å². The lowest BCUT2D eigenvalue weighted by molar-refractivity contribution is -0.114. The Balaban J connectivity index is 1.88. The van der Waals surface area contributed by atoms with E-state index < -0.39 is 0 Å². The number of anilines is 2. The molecule has 2 N–H and O–H groups in total. The van der Waals surface area contributed by atoms with Crippen molar-refractivity contribution in [2.75, 3.05) is 30.8 Å². The lowest BCUT2D eigenvalue weighted by Crippen LogP contribution is -2.34. The molecule has 7 heteroatoms. The van der Waals surface area contributed by atoms with Crippen LogP contribution < -0.4 is 15.4 Å². The molecule has 0 unspecified atom stereocenters.